The number of nitrogens with zero attached hydrogens (tertiary/aromatic N) is 2. The molecule has 0 unspecified atom stereocenters. The van der Waals surface area contributed by atoms with Crippen LogP contribution >= 0.6 is 0 Å². The predicted molar refractivity (Wildman–Crippen MR) is 130 cm³/mol. The molecule has 5 rings (SSSR count). The first-order valence-corrected chi connectivity index (χ1v) is 11.7. The fourth-order valence-electron chi connectivity index (χ4n) is 4.97. The summed E-state index contributed by atoms with van der Waals surface area (Å²) in [6.45, 7) is 4.99. The van der Waals surface area contributed by atoms with Crippen molar-refractivity contribution >= 4 is 10.9 Å². The molecular weight excluding hydrogens is 413 g/mol. The first-order valence-electron chi connectivity index (χ1n) is 11.7. The number of hydrogen-bond acceptors (Lipinski definition) is 3. The number of hydrogen-bond donors (Lipinski definition) is 1. The molecule has 2 aromatic heterocycles. The normalized spacial score (nSPS) is 15.2. The lowest BCUT2D eigenvalue weighted by atomic mass is 9.92. The molecule has 1 N–H and O–H groups in total. The molecular formula is C28H30FN3O. The maximum absolute atomic E-state index is 13.8. The zero-order valence-electron chi connectivity index (χ0n) is 19.3. The van der Waals surface area contributed by atoms with Gasteiger partial charge in [0.1, 0.15) is 11.6 Å². The molecule has 0 bridgehead atoms. The Hall–Kier alpha value is -3.18. The van der Waals surface area contributed by atoms with Crippen LogP contribution in [0.15, 0.2) is 60.8 Å². The van der Waals surface area contributed by atoms with E-state index in [4.69, 9.17) is 9.72 Å². The van der Waals surface area contributed by atoms with Crippen molar-refractivity contribution in [3.8, 4) is 5.75 Å². The molecule has 0 atom stereocenters. The number of H-pyrrole nitrogens is 1. The van der Waals surface area contributed by atoms with Crippen molar-refractivity contribution in [3.63, 3.8) is 0 Å². The summed E-state index contributed by atoms with van der Waals surface area (Å²) in [6, 6.07) is 17.6. The Bertz CT molecular complexity index is 1240. The number of benzene rings is 2. The van der Waals surface area contributed by atoms with Crippen molar-refractivity contribution in [2.24, 2.45) is 0 Å². The largest absolute Gasteiger partial charge is 0.497 e. The van der Waals surface area contributed by atoms with Gasteiger partial charge in [-0.15, -0.1) is 0 Å². The van der Waals surface area contributed by atoms with Crippen molar-refractivity contribution in [1.29, 1.82) is 0 Å². The smallest absolute Gasteiger partial charge is 0.123 e. The van der Waals surface area contributed by atoms with Crippen LogP contribution in [0.25, 0.3) is 10.9 Å². The minimum Gasteiger partial charge on any atom is -0.497 e. The molecule has 0 aliphatic carbocycles. The van der Waals surface area contributed by atoms with Crippen LogP contribution in [0, 0.1) is 12.7 Å². The van der Waals surface area contributed by atoms with Gasteiger partial charge in [-0.2, -0.15) is 0 Å². The van der Waals surface area contributed by atoms with Gasteiger partial charge in [-0.1, -0.05) is 18.2 Å². The molecule has 33 heavy (non-hydrogen) atoms. The molecule has 4 aromatic rings. The Balaban J connectivity index is 1.20. The molecule has 2 aromatic carbocycles. The summed E-state index contributed by atoms with van der Waals surface area (Å²) < 4.78 is 19.1. The fraction of sp³-hybridized carbons (Fsp3) is 0.321. The van der Waals surface area contributed by atoms with Crippen LogP contribution in [0.4, 0.5) is 4.39 Å². The van der Waals surface area contributed by atoms with E-state index in [-0.39, 0.29) is 5.82 Å². The molecule has 1 fully saturated rings. The van der Waals surface area contributed by atoms with Gasteiger partial charge in [-0.3, -0.25) is 9.88 Å². The third-order valence-electron chi connectivity index (χ3n) is 6.86. The zero-order valence-corrected chi connectivity index (χ0v) is 19.3. The molecule has 0 saturated carbocycles. The van der Waals surface area contributed by atoms with Crippen molar-refractivity contribution in [2.45, 2.75) is 38.6 Å². The number of aryl methyl sites for hydroxylation is 1. The molecule has 0 spiro atoms. The van der Waals surface area contributed by atoms with Crippen LogP contribution in [-0.2, 0) is 13.0 Å². The number of fused-ring (bicyclic) bond motifs is 1. The summed E-state index contributed by atoms with van der Waals surface area (Å²) >= 11 is 0. The Morgan fingerprint density at radius 1 is 1.06 bits per heavy atom. The van der Waals surface area contributed by atoms with Gasteiger partial charge in [0.05, 0.1) is 7.11 Å². The summed E-state index contributed by atoms with van der Waals surface area (Å²) in [4.78, 5) is 10.7. The SMILES string of the molecule is COc1cccc(Cc2ccc(C3CCN(Cc4c(C)[nH]c5ccc(F)cc45)CC3)nc2)c1. The van der Waals surface area contributed by atoms with Crippen LogP contribution in [0.2, 0.25) is 0 Å². The third-order valence-corrected chi connectivity index (χ3v) is 6.86. The number of aromatic nitrogens is 2. The van der Waals surface area contributed by atoms with Crippen LogP contribution in [0.5, 0.6) is 5.75 Å². The van der Waals surface area contributed by atoms with Gasteiger partial charge in [0.2, 0.25) is 0 Å². The standard InChI is InChI=1S/C28H30FN3O/c1-19-26(25-16-23(29)7-9-28(25)31-19)18-32-12-10-22(11-13-32)27-8-6-21(17-30-27)14-20-4-3-5-24(15-20)33-2/h3-9,15-17,22,31H,10-14,18H2,1-2H3. The molecule has 1 aliphatic heterocycles. The van der Waals surface area contributed by atoms with Gasteiger partial charge < -0.3 is 9.72 Å². The van der Waals surface area contributed by atoms with Gasteiger partial charge in [0.25, 0.3) is 0 Å². The molecule has 0 radical (unpaired) electrons. The minimum absolute atomic E-state index is 0.178. The number of piperidine rings is 1. The molecule has 5 heteroatoms. The predicted octanol–water partition coefficient (Wildman–Crippen LogP) is 5.99. The average Bonchev–Trinajstić information content (AvgIpc) is 3.14. The minimum atomic E-state index is -0.178. The highest BCUT2D eigenvalue weighted by Gasteiger charge is 2.23. The van der Waals surface area contributed by atoms with Crippen LogP contribution in [0.3, 0.4) is 0 Å². The number of pyridine rings is 1. The van der Waals surface area contributed by atoms with Gasteiger partial charge in [-0.25, -0.2) is 4.39 Å². The number of halogens is 1. The Morgan fingerprint density at radius 2 is 1.91 bits per heavy atom. The van der Waals surface area contributed by atoms with E-state index >= 15 is 0 Å². The number of likely N-dealkylation sites (tertiary alicyclic amines) is 1. The van der Waals surface area contributed by atoms with Gasteiger partial charge in [0, 0.05) is 41.0 Å². The first-order chi connectivity index (χ1) is 16.1. The molecule has 0 amide bonds. The first kappa shape index (κ1) is 21.7. The second kappa shape index (κ2) is 9.36. The van der Waals surface area contributed by atoms with Gasteiger partial charge in [0.15, 0.2) is 0 Å². The highest BCUT2D eigenvalue weighted by atomic mass is 19.1. The van der Waals surface area contributed by atoms with Crippen molar-refractivity contribution < 1.29 is 9.13 Å². The number of ether oxygens (including phenoxy) is 1. The van der Waals surface area contributed by atoms with Gasteiger partial charge >= 0.3 is 0 Å². The van der Waals surface area contributed by atoms with E-state index in [9.17, 15) is 4.39 Å². The van der Waals surface area contributed by atoms with E-state index in [2.05, 4.69) is 41.1 Å². The Morgan fingerprint density at radius 3 is 2.67 bits per heavy atom. The van der Waals surface area contributed by atoms with E-state index in [0.717, 1.165) is 61.2 Å². The second-order valence-electron chi connectivity index (χ2n) is 9.09. The third kappa shape index (κ3) is 4.79. The maximum atomic E-state index is 13.8. The topological polar surface area (TPSA) is 41.1 Å². The summed E-state index contributed by atoms with van der Waals surface area (Å²) in [5.74, 6) is 1.20. The van der Waals surface area contributed by atoms with E-state index in [1.54, 1.807) is 13.2 Å². The molecule has 1 saturated heterocycles. The Kier molecular flexibility index (Phi) is 6.14. The highest BCUT2D eigenvalue weighted by molar-refractivity contribution is 5.84. The van der Waals surface area contributed by atoms with Crippen LogP contribution < -0.4 is 4.74 Å². The van der Waals surface area contributed by atoms with Crippen LogP contribution in [0.1, 0.15) is 46.8 Å². The maximum Gasteiger partial charge on any atom is 0.123 e. The summed E-state index contributed by atoms with van der Waals surface area (Å²) in [5.41, 5.74) is 6.98. The van der Waals surface area contributed by atoms with E-state index < -0.39 is 0 Å². The lowest BCUT2D eigenvalue weighted by Gasteiger charge is -2.31. The van der Waals surface area contributed by atoms with Crippen molar-refractivity contribution in [3.05, 3.63) is 94.7 Å². The van der Waals surface area contributed by atoms with E-state index in [1.807, 2.05) is 24.4 Å². The summed E-state index contributed by atoms with van der Waals surface area (Å²) in [7, 11) is 1.70. The quantitative estimate of drug-likeness (QED) is 0.398. The number of aromatic amines is 1. The Labute approximate surface area is 194 Å². The van der Waals surface area contributed by atoms with E-state index in [1.165, 1.54) is 28.5 Å². The zero-order chi connectivity index (χ0) is 22.8. The molecule has 3 heterocycles. The summed E-state index contributed by atoms with van der Waals surface area (Å²) in [5, 5.41) is 1.00. The number of methoxy groups -OCH3 is 1. The lowest BCUT2D eigenvalue weighted by molar-refractivity contribution is 0.203. The fourth-order valence-corrected chi connectivity index (χ4v) is 4.97. The summed E-state index contributed by atoms with van der Waals surface area (Å²) in [6.07, 6.45) is 5.06. The molecule has 170 valence electrons. The average molecular weight is 444 g/mol. The lowest BCUT2D eigenvalue weighted by Crippen LogP contribution is -2.32. The number of rotatable bonds is 6. The second-order valence-corrected chi connectivity index (χ2v) is 9.09. The number of nitrogens with one attached hydrogen (secondary N) is 1. The van der Waals surface area contributed by atoms with Gasteiger partial charge in [-0.05, 0) is 92.4 Å². The highest BCUT2D eigenvalue weighted by Crippen LogP contribution is 2.30. The van der Waals surface area contributed by atoms with E-state index in [0.29, 0.717) is 5.92 Å². The van der Waals surface area contributed by atoms with Crippen molar-refractivity contribution in [2.75, 3.05) is 20.2 Å². The monoisotopic (exact) mass is 443 g/mol. The van der Waals surface area contributed by atoms with Crippen molar-refractivity contribution in [1.82, 2.24) is 14.9 Å². The molecule has 1 aliphatic rings. The molecule has 4 nitrogen and oxygen atoms in total. The van der Waals surface area contributed by atoms with Crippen LogP contribution in [-0.4, -0.2) is 35.1 Å².